The summed E-state index contributed by atoms with van der Waals surface area (Å²) in [6, 6.07) is 54.6. The van der Waals surface area contributed by atoms with E-state index in [1.165, 1.54) is 53.1 Å². The molecule has 10 aromatic rings. The molecule has 3 aromatic heterocycles. The SMILES string of the molecule is c1cc(-c2ccc(-n3c4ccccc4c4c5sc6ccccc6c5ccc43)cc2)cc(-c2cccc3c2oc2ccccc23)c1. The topological polar surface area (TPSA) is 18.1 Å². The quantitative estimate of drug-likeness (QED) is 0.200. The van der Waals surface area contributed by atoms with Gasteiger partial charge >= 0.3 is 0 Å². The first-order chi connectivity index (χ1) is 22.3. The highest BCUT2D eigenvalue weighted by atomic mass is 32.1. The lowest BCUT2D eigenvalue weighted by molar-refractivity contribution is 0.670. The van der Waals surface area contributed by atoms with Gasteiger partial charge in [-0.2, -0.15) is 0 Å². The van der Waals surface area contributed by atoms with Gasteiger partial charge in [0.1, 0.15) is 11.2 Å². The Morgan fingerprint density at radius 1 is 0.467 bits per heavy atom. The Morgan fingerprint density at radius 2 is 1.20 bits per heavy atom. The van der Waals surface area contributed by atoms with Crippen LogP contribution >= 0.6 is 11.3 Å². The van der Waals surface area contributed by atoms with Crippen LogP contribution in [0.5, 0.6) is 0 Å². The zero-order chi connectivity index (χ0) is 29.5. The number of para-hydroxylation sites is 3. The minimum Gasteiger partial charge on any atom is -0.455 e. The largest absolute Gasteiger partial charge is 0.455 e. The molecule has 0 amide bonds. The number of fused-ring (bicyclic) bond motifs is 10. The summed E-state index contributed by atoms with van der Waals surface area (Å²) in [5.41, 5.74) is 10.1. The first-order valence-corrected chi connectivity index (χ1v) is 16.1. The number of hydrogen-bond acceptors (Lipinski definition) is 2. The normalized spacial score (nSPS) is 12.0. The summed E-state index contributed by atoms with van der Waals surface area (Å²) < 4.78 is 11.5. The predicted octanol–water partition coefficient (Wildman–Crippen LogP) is 12.4. The molecule has 0 aliphatic rings. The molecule has 45 heavy (non-hydrogen) atoms. The maximum Gasteiger partial charge on any atom is 0.143 e. The summed E-state index contributed by atoms with van der Waals surface area (Å²) >= 11 is 1.90. The monoisotopic (exact) mass is 591 g/mol. The third kappa shape index (κ3) is 3.62. The van der Waals surface area contributed by atoms with E-state index >= 15 is 0 Å². The molecule has 0 N–H and O–H groups in total. The van der Waals surface area contributed by atoms with Crippen molar-refractivity contribution in [1.82, 2.24) is 4.57 Å². The van der Waals surface area contributed by atoms with E-state index in [1.54, 1.807) is 0 Å². The molecule has 0 aliphatic carbocycles. The molecule has 3 heteroatoms. The van der Waals surface area contributed by atoms with Crippen molar-refractivity contribution in [1.29, 1.82) is 0 Å². The van der Waals surface area contributed by atoms with E-state index in [4.69, 9.17) is 4.42 Å². The van der Waals surface area contributed by atoms with Crippen LogP contribution in [0.3, 0.4) is 0 Å². The lowest BCUT2D eigenvalue weighted by atomic mass is 9.97. The van der Waals surface area contributed by atoms with Gasteiger partial charge < -0.3 is 8.98 Å². The number of thiophene rings is 1. The summed E-state index contributed by atoms with van der Waals surface area (Å²) in [5, 5.41) is 7.59. The van der Waals surface area contributed by atoms with Gasteiger partial charge in [-0.15, -0.1) is 11.3 Å². The maximum atomic E-state index is 6.35. The van der Waals surface area contributed by atoms with Crippen LogP contribution in [0.15, 0.2) is 156 Å². The molecule has 0 saturated carbocycles. The van der Waals surface area contributed by atoms with Crippen molar-refractivity contribution >= 4 is 75.3 Å². The molecule has 0 saturated heterocycles. The van der Waals surface area contributed by atoms with E-state index in [-0.39, 0.29) is 0 Å². The molecule has 0 atom stereocenters. The molecular weight excluding hydrogens is 567 g/mol. The van der Waals surface area contributed by atoms with Crippen molar-refractivity contribution in [2.24, 2.45) is 0 Å². The number of aromatic nitrogens is 1. The standard InChI is InChI=1S/C42H25NOS/c1-4-16-36-35(13-1)40-37(24-23-34-32-12-3-6-18-39(32)45-42(34)40)43(36)29-21-19-26(20-22-29)27-9-7-10-28(25-27)30-14-8-15-33-31-11-2-5-17-38(31)44-41(30)33/h1-25H. The van der Waals surface area contributed by atoms with E-state index in [1.807, 2.05) is 23.5 Å². The summed E-state index contributed by atoms with van der Waals surface area (Å²) in [4.78, 5) is 0. The predicted molar refractivity (Wildman–Crippen MR) is 192 cm³/mol. The Bertz CT molecular complexity index is 2760. The third-order valence-corrected chi connectivity index (χ3v) is 10.4. The maximum absolute atomic E-state index is 6.35. The number of benzene rings is 7. The molecular formula is C42H25NOS. The lowest BCUT2D eigenvalue weighted by Gasteiger charge is -2.10. The van der Waals surface area contributed by atoms with Gasteiger partial charge in [-0.25, -0.2) is 0 Å². The van der Waals surface area contributed by atoms with Gasteiger partial charge in [-0.1, -0.05) is 109 Å². The molecule has 10 rings (SSSR count). The zero-order valence-corrected chi connectivity index (χ0v) is 25.0. The van der Waals surface area contributed by atoms with E-state index in [2.05, 4.69) is 144 Å². The van der Waals surface area contributed by atoms with Gasteiger partial charge in [0.15, 0.2) is 0 Å². The second-order valence-electron chi connectivity index (χ2n) is 11.7. The minimum atomic E-state index is 0.921. The van der Waals surface area contributed by atoms with Crippen LogP contribution in [-0.2, 0) is 0 Å². The second-order valence-corrected chi connectivity index (χ2v) is 12.7. The summed E-state index contributed by atoms with van der Waals surface area (Å²) in [6.45, 7) is 0. The van der Waals surface area contributed by atoms with Crippen molar-refractivity contribution < 1.29 is 4.42 Å². The first kappa shape index (κ1) is 24.8. The van der Waals surface area contributed by atoms with Crippen molar-refractivity contribution in [3.63, 3.8) is 0 Å². The first-order valence-electron chi connectivity index (χ1n) is 15.3. The van der Waals surface area contributed by atoms with Crippen molar-refractivity contribution in [2.75, 3.05) is 0 Å². The fourth-order valence-electron chi connectivity index (χ4n) is 7.16. The fourth-order valence-corrected chi connectivity index (χ4v) is 8.42. The smallest absolute Gasteiger partial charge is 0.143 e. The van der Waals surface area contributed by atoms with Crippen molar-refractivity contribution in [3.8, 4) is 27.9 Å². The highest BCUT2D eigenvalue weighted by Gasteiger charge is 2.17. The Labute approximate surface area is 263 Å². The van der Waals surface area contributed by atoms with Crippen LogP contribution < -0.4 is 0 Å². The van der Waals surface area contributed by atoms with Gasteiger partial charge in [0.2, 0.25) is 0 Å². The molecule has 0 bridgehead atoms. The van der Waals surface area contributed by atoms with Gasteiger partial charge in [-0.3, -0.25) is 0 Å². The highest BCUT2D eigenvalue weighted by Crippen LogP contribution is 2.43. The van der Waals surface area contributed by atoms with Crippen LogP contribution in [0.25, 0.3) is 91.9 Å². The van der Waals surface area contributed by atoms with E-state index in [0.29, 0.717) is 0 Å². The van der Waals surface area contributed by atoms with Crippen LogP contribution in [0, 0.1) is 0 Å². The molecule has 0 radical (unpaired) electrons. The average Bonchev–Trinajstić information content (AvgIpc) is 3.78. The van der Waals surface area contributed by atoms with Gasteiger partial charge in [0, 0.05) is 53.0 Å². The van der Waals surface area contributed by atoms with Gasteiger partial charge in [0.05, 0.1) is 11.0 Å². The highest BCUT2D eigenvalue weighted by molar-refractivity contribution is 7.26. The van der Waals surface area contributed by atoms with Crippen molar-refractivity contribution in [3.05, 3.63) is 152 Å². The Kier molecular flexibility index (Phi) is 5.19. The Morgan fingerprint density at radius 3 is 2.11 bits per heavy atom. The number of furan rings is 1. The second kappa shape index (κ2) is 9.43. The van der Waals surface area contributed by atoms with E-state index in [0.717, 1.165) is 38.8 Å². The molecule has 0 unspecified atom stereocenters. The van der Waals surface area contributed by atoms with Crippen molar-refractivity contribution in [2.45, 2.75) is 0 Å². The molecule has 0 spiro atoms. The molecule has 210 valence electrons. The Balaban J connectivity index is 1.10. The van der Waals surface area contributed by atoms with Crippen LogP contribution in [-0.4, -0.2) is 4.57 Å². The summed E-state index contributed by atoms with van der Waals surface area (Å²) in [6.07, 6.45) is 0. The summed E-state index contributed by atoms with van der Waals surface area (Å²) in [5.74, 6) is 0. The Hall–Kier alpha value is -5.64. The van der Waals surface area contributed by atoms with E-state index in [9.17, 15) is 0 Å². The molecule has 0 aliphatic heterocycles. The summed E-state index contributed by atoms with van der Waals surface area (Å²) in [7, 11) is 0. The fraction of sp³-hybridized carbons (Fsp3) is 0. The van der Waals surface area contributed by atoms with E-state index < -0.39 is 0 Å². The van der Waals surface area contributed by atoms with Crippen LogP contribution in [0.4, 0.5) is 0 Å². The lowest BCUT2D eigenvalue weighted by Crippen LogP contribution is -1.93. The minimum absolute atomic E-state index is 0.921. The average molecular weight is 592 g/mol. The van der Waals surface area contributed by atoms with Gasteiger partial charge in [0.25, 0.3) is 0 Å². The zero-order valence-electron chi connectivity index (χ0n) is 24.2. The van der Waals surface area contributed by atoms with Crippen LogP contribution in [0.1, 0.15) is 0 Å². The number of nitrogens with zero attached hydrogens (tertiary/aromatic N) is 1. The van der Waals surface area contributed by atoms with Crippen LogP contribution in [0.2, 0.25) is 0 Å². The molecule has 7 aromatic carbocycles. The van der Waals surface area contributed by atoms with Gasteiger partial charge in [-0.05, 0) is 59.2 Å². The number of rotatable bonds is 3. The molecule has 0 fully saturated rings. The molecule has 3 heterocycles. The third-order valence-electron chi connectivity index (χ3n) is 9.22. The number of hydrogen-bond donors (Lipinski definition) is 0. The molecule has 2 nitrogen and oxygen atoms in total.